The quantitative estimate of drug-likeness (QED) is 0.769. The molecule has 1 saturated heterocycles. The average molecular weight is 401 g/mol. The number of piperidine rings is 1. The van der Waals surface area contributed by atoms with Crippen LogP contribution in [0, 0.1) is 0 Å². The van der Waals surface area contributed by atoms with Crippen molar-refractivity contribution in [3.8, 4) is 0 Å². The Morgan fingerprint density at radius 1 is 1.04 bits per heavy atom. The molecule has 3 rings (SSSR count). The molecule has 0 aromatic heterocycles. The monoisotopic (exact) mass is 400 g/mol. The van der Waals surface area contributed by atoms with Gasteiger partial charge >= 0.3 is 0 Å². The molecule has 1 aliphatic heterocycles. The van der Waals surface area contributed by atoms with Crippen LogP contribution in [0.1, 0.15) is 61.4 Å². The fraction of sp³-hybridized carbons (Fsp3) is 0.409. The number of likely N-dealkylation sites (tertiary alicyclic amines) is 1. The number of amides is 1. The zero-order valence-corrected chi connectivity index (χ0v) is 17.3. The van der Waals surface area contributed by atoms with Crippen molar-refractivity contribution in [1.82, 2.24) is 4.90 Å². The van der Waals surface area contributed by atoms with Crippen LogP contribution in [0.3, 0.4) is 0 Å². The molecule has 1 heterocycles. The molecule has 6 heteroatoms. The normalized spacial score (nSPS) is 15.9. The molecule has 1 amide bonds. The molecule has 1 fully saturated rings. The Kier molecular flexibility index (Phi) is 6.39. The average Bonchev–Trinajstić information content (AvgIpc) is 2.73. The molecule has 2 aromatic rings. The predicted molar refractivity (Wildman–Crippen MR) is 112 cm³/mol. The van der Waals surface area contributed by atoms with Gasteiger partial charge in [-0.2, -0.15) is 0 Å². The first-order valence-corrected chi connectivity index (χ1v) is 11.4. The van der Waals surface area contributed by atoms with Gasteiger partial charge < -0.3 is 4.90 Å². The minimum absolute atomic E-state index is 0.120. The van der Waals surface area contributed by atoms with Gasteiger partial charge in [0, 0.05) is 13.1 Å². The van der Waals surface area contributed by atoms with Gasteiger partial charge in [0.1, 0.15) is 0 Å². The minimum atomic E-state index is -3.77. The van der Waals surface area contributed by atoms with Crippen molar-refractivity contribution in [3.63, 3.8) is 0 Å². The molecular weight excluding hydrogens is 372 g/mol. The first-order valence-electron chi connectivity index (χ1n) is 9.93. The van der Waals surface area contributed by atoms with E-state index in [0.29, 0.717) is 17.2 Å². The van der Waals surface area contributed by atoms with Gasteiger partial charge in [-0.25, -0.2) is 8.42 Å². The lowest BCUT2D eigenvalue weighted by Crippen LogP contribution is -2.36. The first kappa shape index (κ1) is 20.4. The largest absolute Gasteiger partial charge is 0.339 e. The van der Waals surface area contributed by atoms with E-state index in [4.69, 9.17) is 0 Å². The van der Waals surface area contributed by atoms with Crippen molar-refractivity contribution < 1.29 is 13.2 Å². The predicted octanol–water partition coefficient (Wildman–Crippen LogP) is 4.63. The number of carbonyl (C=O) groups excluding carboxylic acids is 1. The summed E-state index contributed by atoms with van der Waals surface area (Å²) in [6.45, 7) is 5.66. The molecule has 0 spiro atoms. The lowest BCUT2D eigenvalue weighted by molar-refractivity contribution is 0.0725. The number of nitrogens with zero attached hydrogens (tertiary/aromatic N) is 1. The van der Waals surface area contributed by atoms with E-state index in [1.54, 1.807) is 41.3 Å². The zero-order valence-electron chi connectivity index (χ0n) is 16.5. The molecule has 5 nitrogen and oxygen atoms in total. The third-order valence-corrected chi connectivity index (χ3v) is 6.80. The van der Waals surface area contributed by atoms with Crippen LogP contribution in [0.5, 0.6) is 0 Å². The number of benzene rings is 2. The minimum Gasteiger partial charge on any atom is -0.339 e. The van der Waals surface area contributed by atoms with Gasteiger partial charge in [0.2, 0.25) is 0 Å². The molecule has 1 atom stereocenters. The van der Waals surface area contributed by atoms with E-state index in [9.17, 15) is 13.2 Å². The standard InChI is InChI=1S/C22H28N2O3S/c1-3-17(2)18-11-13-19(14-12-18)28(26,27)23-21-10-6-5-9-20(21)22(25)24-15-7-4-8-16-24/h5-6,9-14,17,23H,3-4,7-8,15-16H2,1-2H3. The Morgan fingerprint density at radius 2 is 1.68 bits per heavy atom. The van der Waals surface area contributed by atoms with Crippen LogP contribution >= 0.6 is 0 Å². The summed E-state index contributed by atoms with van der Waals surface area (Å²) >= 11 is 0. The summed E-state index contributed by atoms with van der Waals surface area (Å²) in [4.78, 5) is 14.9. The summed E-state index contributed by atoms with van der Waals surface area (Å²) in [5.74, 6) is 0.262. The third-order valence-electron chi connectivity index (χ3n) is 5.42. The highest BCUT2D eigenvalue weighted by molar-refractivity contribution is 7.92. The summed E-state index contributed by atoms with van der Waals surface area (Å²) in [5, 5.41) is 0. The Balaban J connectivity index is 1.83. The molecule has 1 aliphatic rings. The number of hydrogen-bond acceptors (Lipinski definition) is 3. The van der Waals surface area contributed by atoms with E-state index < -0.39 is 10.0 Å². The fourth-order valence-electron chi connectivity index (χ4n) is 3.44. The van der Waals surface area contributed by atoms with Gasteiger partial charge in [0.05, 0.1) is 16.1 Å². The third kappa shape index (κ3) is 4.55. The lowest BCUT2D eigenvalue weighted by atomic mass is 9.99. The number of sulfonamides is 1. The molecule has 28 heavy (non-hydrogen) atoms. The second-order valence-corrected chi connectivity index (χ2v) is 9.06. The number of para-hydroxylation sites is 1. The van der Waals surface area contributed by atoms with Gasteiger partial charge in [-0.15, -0.1) is 0 Å². The summed E-state index contributed by atoms with van der Waals surface area (Å²) in [6, 6.07) is 13.8. The maximum Gasteiger partial charge on any atom is 0.261 e. The van der Waals surface area contributed by atoms with Crippen molar-refractivity contribution in [2.45, 2.75) is 50.3 Å². The van der Waals surface area contributed by atoms with E-state index in [1.807, 2.05) is 12.1 Å². The smallest absolute Gasteiger partial charge is 0.261 e. The van der Waals surface area contributed by atoms with Crippen LogP contribution in [0.4, 0.5) is 5.69 Å². The van der Waals surface area contributed by atoms with Crippen LogP contribution in [0.25, 0.3) is 0 Å². The summed E-state index contributed by atoms with van der Waals surface area (Å²) in [7, 11) is -3.77. The molecule has 1 unspecified atom stereocenters. The second-order valence-electron chi connectivity index (χ2n) is 7.38. The Hall–Kier alpha value is -2.34. The lowest BCUT2D eigenvalue weighted by Gasteiger charge is -2.27. The van der Waals surface area contributed by atoms with Crippen LogP contribution in [0.15, 0.2) is 53.4 Å². The van der Waals surface area contributed by atoms with Crippen LogP contribution < -0.4 is 4.72 Å². The first-order chi connectivity index (χ1) is 13.4. The highest BCUT2D eigenvalue weighted by Crippen LogP contribution is 2.25. The van der Waals surface area contributed by atoms with Gasteiger partial charge in [0.15, 0.2) is 0 Å². The highest BCUT2D eigenvalue weighted by atomic mass is 32.2. The number of nitrogens with one attached hydrogen (secondary N) is 1. The van der Waals surface area contributed by atoms with E-state index in [2.05, 4.69) is 18.6 Å². The van der Waals surface area contributed by atoms with Crippen molar-refractivity contribution in [2.24, 2.45) is 0 Å². The van der Waals surface area contributed by atoms with E-state index in [1.165, 1.54) is 0 Å². The Bertz CT molecular complexity index is 917. The molecule has 2 aromatic carbocycles. The number of hydrogen-bond donors (Lipinski definition) is 1. The molecule has 0 radical (unpaired) electrons. The summed E-state index contributed by atoms with van der Waals surface area (Å²) in [6.07, 6.45) is 4.10. The van der Waals surface area contributed by atoms with Crippen molar-refractivity contribution in [3.05, 3.63) is 59.7 Å². The molecule has 0 saturated carbocycles. The van der Waals surface area contributed by atoms with E-state index in [-0.39, 0.29) is 10.8 Å². The fourth-order valence-corrected chi connectivity index (χ4v) is 4.52. The van der Waals surface area contributed by atoms with Crippen molar-refractivity contribution >= 4 is 21.6 Å². The Morgan fingerprint density at radius 3 is 2.32 bits per heavy atom. The topological polar surface area (TPSA) is 66.5 Å². The second kappa shape index (κ2) is 8.78. The van der Waals surface area contributed by atoms with Gasteiger partial charge in [-0.05, 0) is 61.4 Å². The molecular formula is C22H28N2O3S. The van der Waals surface area contributed by atoms with Crippen LogP contribution in [-0.2, 0) is 10.0 Å². The molecule has 150 valence electrons. The zero-order chi connectivity index (χ0) is 20.1. The van der Waals surface area contributed by atoms with Crippen molar-refractivity contribution in [2.75, 3.05) is 17.8 Å². The number of carbonyl (C=O) groups is 1. The Labute approximate surface area is 167 Å². The maximum atomic E-state index is 12.9. The summed E-state index contributed by atoms with van der Waals surface area (Å²) in [5.41, 5.74) is 1.83. The van der Waals surface area contributed by atoms with Crippen LogP contribution in [-0.4, -0.2) is 32.3 Å². The molecule has 0 aliphatic carbocycles. The molecule has 1 N–H and O–H groups in total. The van der Waals surface area contributed by atoms with Gasteiger partial charge in [0.25, 0.3) is 15.9 Å². The van der Waals surface area contributed by atoms with E-state index in [0.717, 1.165) is 44.3 Å². The number of rotatable bonds is 6. The molecule has 0 bridgehead atoms. The summed E-state index contributed by atoms with van der Waals surface area (Å²) < 4.78 is 28.3. The van der Waals surface area contributed by atoms with Crippen molar-refractivity contribution in [1.29, 1.82) is 0 Å². The van der Waals surface area contributed by atoms with Crippen LogP contribution in [0.2, 0.25) is 0 Å². The van der Waals surface area contributed by atoms with E-state index >= 15 is 0 Å². The SMILES string of the molecule is CCC(C)c1ccc(S(=O)(=O)Nc2ccccc2C(=O)N2CCCCC2)cc1. The van der Waals surface area contributed by atoms with Gasteiger partial charge in [-0.1, -0.05) is 38.1 Å². The highest BCUT2D eigenvalue weighted by Gasteiger charge is 2.23. The van der Waals surface area contributed by atoms with Gasteiger partial charge in [-0.3, -0.25) is 9.52 Å². The number of anilines is 1. The maximum absolute atomic E-state index is 12.9.